The van der Waals surface area contributed by atoms with E-state index < -0.39 is 0 Å². The standard InChI is InChI=1S/C16H28N2O/c1-6-11-18(13(2)3)12-15(17-4)14-9-7-8-10-16(14)19-5/h7-10,13,15,17H,6,11-12H2,1-5H3. The van der Waals surface area contributed by atoms with Gasteiger partial charge in [0, 0.05) is 24.2 Å². The number of nitrogens with one attached hydrogen (secondary N) is 1. The zero-order valence-electron chi connectivity index (χ0n) is 12.9. The topological polar surface area (TPSA) is 24.5 Å². The lowest BCUT2D eigenvalue weighted by Gasteiger charge is -2.31. The minimum absolute atomic E-state index is 0.296. The van der Waals surface area contributed by atoms with Crippen LogP contribution in [0.2, 0.25) is 0 Å². The Hall–Kier alpha value is -1.06. The van der Waals surface area contributed by atoms with Crippen molar-refractivity contribution < 1.29 is 4.74 Å². The fourth-order valence-corrected chi connectivity index (χ4v) is 2.38. The molecule has 1 atom stereocenters. The normalized spacial score (nSPS) is 13.0. The van der Waals surface area contributed by atoms with Crippen LogP contribution in [0.5, 0.6) is 5.75 Å². The number of nitrogens with zero attached hydrogens (tertiary/aromatic N) is 1. The highest BCUT2D eigenvalue weighted by Crippen LogP contribution is 2.25. The molecule has 1 aromatic rings. The van der Waals surface area contributed by atoms with Gasteiger partial charge in [-0.3, -0.25) is 4.90 Å². The Morgan fingerprint density at radius 3 is 2.47 bits per heavy atom. The average Bonchev–Trinajstić information content (AvgIpc) is 2.43. The number of ether oxygens (including phenoxy) is 1. The summed E-state index contributed by atoms with van der Waals surface area (Å²) in [7, 11) is 3.75. The fourth-order valence-electron chi connectivity index (χ4n) is 2.38. The van der Waals surface area contributed by atoms with Crippen molar-refractivity contribution in [2.75, 3.05) is 27.2 Å². The maximum absolute atomic E-state index is 5.47. The van der Waals surface area contributed by atoms with E-state index in [1.54, 1.807) is 7.11 Å². The number of hydrogen-bond donors (Lipinski definition) is 1. The molecular weight excluding hydrogens is 236 g/mol. The van der Waals surface area contributed by atoms with Crippen molar-refractivity contribution in [1.82, 2.24) is 10.2 Å². The number of likely N-dealkylation sites (N-methyl/N-ethyl adjacent to an activating group) is 1. The molecule has 0 amide bonds. The second-order valence-corrected chi connectivity index (χ2v) is 5.17. The van der Waals surface area contributed by atoms with Crippen LogP contribution in [-0.2, 0) is 0 Å². The Kier molecular flexibility index (Phi) is 6.89. The van der Waals surface area contributed by atoms with Crippen molar-refractivity contribution in [2.45, 2.75) is 39.3 Å². The minimum atomic E-state index is 0.296. The molecule has 0 aliphatic carbocycles. The van der Waals surface area contributed by atoms with Gasteiger partial charge < -0.3 is 10.1 Å². The second kappa shape index (κ2) is 8.18. The van der Waals surface area contributed by atoms with Crippen molar-refractivity contribution in [2.24, 2.45) is 0 Å². The van der Waals surface area contributed by atoms with Crippen molar-refractivity contribution in [1.29, 1.82) is 0 Å². The molecule has 0 heterocycles. The highest BCUT2D eigenvalue weighted by Gasteiger charge is 2.18. The van der Waals surface area contributed by atoms with Crippen molar-refractivity contribution >= 4 is 0 Å². The quantitative estimate of drug-likeness (QED) is 0.781. The van der Waals surface area contributed by atoms with Crippen LogP contribution < -0.4 is 10.1 Å². The van der Waals surface area contributed by atoms with Gasteiger partial charge in [0.1, 0.15) is 5.75 Å². The summed E-state index contributed by atoms with van der Waals surface area (Å²) in [5, 5.41) is 3.42. The van der Waals surface area contributed by atoms with Gasteiger partial charge in [0.2, 0.25) is 0 Å². The van der Waals surface area contributed by atoms with Gasteiger partial charge in [-0.2, -0.15) is 0 Å². The summed E-state index contributed by atoms with van der Waals surface area (Å²) >= 11 is 0. The first-order valence-electron chi connectivity index (χ1n) is 7.18. The van der Waals surface area contributed by atoms with E-state index in [9.17, 15) is 0 Å². The van der Waals surface area contributed by atoms with E-state index in [2.05, 4.69) is 43.1 Å². The third-order valence-electron chi connectivity index (χ3n) is 3.52. The van der Waals surface area contributed by atoms with Crippen LogP contribution in [0, 0.1) is 0 Å². The van der Waals surface area contributed by atoms with E-state index in [4.69, 9.17) is 4.74 Å². The van der Waals surface area contributed by atoms with Crippen LogP contribution in [0.3, 0.4) is 0 Å². The van der Waals surface area contributed by atoms with Gasteiger partial charge >= 0.3 is 0 Å². The molecule has 1 rings (SSSR count). The van der Waals surface area contributed by atoms with E-state index >= 15 is 0 Å². The number of methoxy groups -OCH3 is 1. The number of benzene rings is 1. The Morgan fingerprint density at radius 2 is 1.95 bits per heavy atom. The summed E-state index contributed by atoms with van der Waals surface area (Å²) in [6, 6.07) is 9.11. The van der Waals surface area contributed by atoms with Gasteiger partial charge in [-0.05, 0) is 39.9 Å². The van der Waals surface area contributed by atoms with Gasteiger partial charge in [-0.1, -0.05) is 25.1 Å². The van der Waals surface area contributed by atoms with E-state index in [0.717, 1.165) is 18.8 Å². The Morgan fingerprint density at radius 1 is 1.26 bits per heavy atom. The molecule has 0 saturated heterocycles. The highest BCUT2D eigenvalue weighted by atomic mass is 16.5. The summed E-state index contributed by atoms with van der Waals surface area (Å²) in [5.74, 6) is 0.960. The fraction of sp³-hybridized carbons (Fsp3) is 0.625. The maximum Gasteiger partial charge on any atom is 0.123 e. The van der Waals surface area contributed by atoms with Crippen molar-refractivity contribution in [3.63, 3.8) is 0 Å². The van der Waals surface area contributed by atoms with Crippen molar-refractivity contribution in [3.8, 4) is 5.75 Å². The molecule has 19 heavy (non-hydrogen) atoms. The van der Waals surface area contributed by atoms with E-state index in [0.29, 0.717) is 12.1 Å². The van der Waals surface area contributed by atoms with Crippen LogP contribution in [0.1, 0.15) is 38.8 Å². The minimum Gasteiger partial charge on any atom is -0.496 e. The second-order valence-electron chi connectivity index (χ2n) is 5.17. The van der Waals surface area contributed by atoms with E-state index in [1.807, 2.05) is 19.2 Å². The molecule has 1 N–H and O–H groups in total. The predicted octanol–water partition coefficient (Wildman–Crippen LogP) is 3.08. The molecule has 1 unspecified atom stereocenters. The lowest BCUT2D eigenvalue weighted by Crippen LogP contribution is -2.38. The van der Waals surface area contributed by atoms with Crippen molar-refractivity contribution in [3.05, 3.63) is 29.8 Å². The van der Waals surface area contributed by atoms with E-state index in [1.165, 1.54) is 12.0 Å². The molecule has 0 aliphatic heterocycles. The summed E-state index contributed by atoms with van der Waals surface area (Å²) in [6.07, 6.45) is 1.18. The molecule has 0 fully saturated rings. The lowest BCUT2D eigenvalue weighted by molar-refractivity contribution is 0.199. The summed E-state index contributed by atoms with van der Waals surface area (Å²) in [4.78, 5) is 2.51. The van der Waals surface area contributed by atoms with Crippen LogP contribution in [0.25, 0.3) is 0 Å². The molecule has 0 aromatic heterocycles. The van der Waals surface area contributed by atoms with Gasteiger partial charge in [-0.25, -0.2) is 0 Å². The molecule has 3 heteroatoms. The highest BCUT2D eigenvalue weighted by molar-refractivity contribution is 5.36. The van der Waals surface area contributed by atoms with Gasteiger partial charge in [0.25, 0.3) is 0 Å². The van der Waals surface area contributed by atoms with Crippen LogP contribution in [0.4, 0.5) is 0 Å². The Bertz CT molecular complexity index is 366. The van der Waals surface area contributed by atoms with Gasteiger partial charge in [-0.15, -0.1) is 0 Å². The summed E-state index contributed by atoms with van der Waals surface area (Å²) in [6.45, 7) is 8.87. The lowest BCUT2D eigenvalue weighted by atomic mass is 10.0. The smallest absolute Gasteiger partial charge is 0.123 e. The first kappa shape index (κ1) is 16.0. The van der Waals surface area contributed by atoms with Crippen LogP contribution in [-0.4, -0.2) is 38.2 Å². The Balaban J connectivity index is 2.87. The Labute approximate surface area is 118 Å². The van der Waals surface area contributed by atoms with Crippen LogP contribution in [0.15, 0.2) is 24.3 Å². The molecule has 0 radical (unpaired) electrons. The number of rotatable bonds is 8. The molecule has 0 bridgehead atoms. The molecule has 108 valence electrons. The molecular formula is C16H28N2O. The molecule has 0 saturated carbocycles. The zero-order chi connectivity index (χ0) is 14.3. The summed E-state index contributed by atoms with van der Waals surface area (Å²) in [5.41, 5.74) is 1.23. The van der Waals surface area contributed by atoms with E-state index in [-0.39, 0.29) is 0 Å². The third-order valence-corrected chi connectivity index (χ3v) is 3.52. The molecule has 1 aromatic carbocycles. The molecule has 3 nitrogen and oxygen atoms in total. The number of hydrogen-bond acceptors (Lipinski definition) is 3. The maximum atomic E-state index is 5.47. The predicted molar refractivity (Wildman–Crippen MR) is 81.8 cm³/mol. The monoisotopic (exact) mass is 264 g/mol. The van der Waals surface area contributed by atoms with Gasteiger partial charge in [0.15, 0.2) is 0 Å². The number of para-hydroxylation sites is 1. The first-order valence-corrected chi connectivity index (χ1v) is 7.18. The van der Waals surface area contributed by atoms with Crippen LogP contribution >= 0.6 is 0 Å². The molecule has 0 spiro atoms. The molecule has 0 aliphatic rings. The zero-order valence-corrected chi connectivity index (χ0v) is 12.9. The first-order chi connectivity index (χ1) is 9.13. The van der Waals surface area contributed by atoms with Gasteiger partial charge in [0.05, 0.1) is 7.11 Å². The average molecular weight is 264 g/mol. The largest absolute Gasteiger partial charge is 0.496 e. The third kappa shape index (κ3) is 4.51. The summed E-state index contributed by atoms with van der Waals surface area (Å²) < 4.78 is 5.47. The SMILES string of the molecule is CCCN(CC(NC)c1ccccc1OC)C(C)C.